The summed E-state index contributed by atoms with van der Waals surface area (Å²) in [5.74, 6) is -0.300. The van der Waals surface area contributed by atoms with Gasteiger partial charge in [-0.2, -0.15) is 0 Å². The number of carbonyl (C=O) groups is 2. The van der Waals surface area contributed by atoms with Gasteiger partial charge in [0.2, 0.25) is 0 Å². The summed E-state index contributed by atoms with van der Waals surface area (Å²) >= 11 is 0. The first-order valence-electron chi connectivity index (χ1n) is 4.95. The molecule has 1 aromatic carbocycles. The number of benzene rings is 1. The van der Waals surface area contributed by atoms with Gasteiger partial charge in [0.15, 0.2) is 0 Å². The summed E-state index contributed by atoms with van der Waals surface area (Å²) < 4.78 is 0. The highest BCUT2D eigenvalue weighted by Gasteiger charge is 2.29. The highest BCUT2D eigenvalue weighted by atomic mass is 16.2. The van der Waals surface area contributed by atoms with Crippen LogP contribution in [0, 0.1) is 6.92 Å². The van der Waals surface area contributed by atoms with Crippen LogP contribution in [-0.2, 0) is 4.79 Å². The van der Waals surface area contributed by atoms with Gasteiger partial charge in [-0.25, -0.2) is 4.79 Å². The number of urea groups is 1. The Bertz CT molecular complexity index is 492. The number of hydrogen-bond acceptors (Lipinski definition) is 2. The number of nitrogens with one attached hydrogen (secondary N) is 1. The van der Waals surface area contributed by atoms with Gasteiger partial charge >= 0.3 is 6.03 Å². The average molecular weight is 216 g/mol. The molecule has 16 heavy (non-hydrogen) atoms. The van der Waals surface area contributed by atoms with Crippen LogP contribution in [0.15, 0.2) is 30.0 Å². The van der Waals surface area contributed by atoms with E-state index in [2.05, 4.69) is 5.32 Å². The summed E-state index contributed by atoms with van der Waals surface area (Å²) in [4.78, 5) is 23.8. The Morgan fingerprint density at radius 3 is 2.62 bits per heavy atom. The predicted molar refractivity (Wildman–Crippen MR) is 60.5 cm³/mol. The first-order chi connectivity index (χ1) is 7.58. The van der Waals surface area contributed by atoms with Gasteiger partial charge in [0.1, 0.15) is 5.70 Å². The molecular formula is C12H12N2O2. The molecule has 0 saturated carbocycles. The molecule has 1 aliphatic rings. The lowest BCUT2D eigenvalue weighted by molar-refractivity contribution is -0.121. The van der Waals surface area contributed by atoms with Gasteiger partial charge in [0, 0.05) is 7.05 Å². The standard InChI is InChI=1S/C12H12N2O2/c1-8-4-3-5-9(6-8)7-10-11(15)14(2)12(16)13-10/h3-7H,1-2H3,(H,13,16). The largest absolute Gasteiger partial charge is 0.328 e. The van der Waals surface area contributed by atoms with Crippen LogP contribution in [0.25, 0.3) is 6.08 Å². The molecule has 1 fully saturated rings. The van der Waals surface area contributed by atoms with Crippen LogP contribution in [-0.4, -0.2) is 23.9 Å². The molecule has 82 valence electrons. The SMILES string of the molecule is Cc1cccc(C=C2NC(=O)N(C)C2=O)c1. The van der Waals surface area contributed by atoms with Crippen LogP contribution < -0.4 is 5.32 Å². The summed E-state index contributed by atoms with van der Waals surface area (Å²) in [5.41, 5.74) is 2.33. The van der Waals surface area contributed by atoms with Gasteiger partial charge in [-0.15, -0.1) is 0 Å². The highest BCUT2D eigenvalue weighted by Crippen LogP contribution is 2.13. The topological polar surface area (TPSA) is 49.4 Å². The van der Waals surface area contributed by atoms with Gasteiger partial charge in [-0.05, 0) is 18.6 Å². The second-order valence-corrected chi connectivity index (χ2v) is 3.77. The summed E-state index contributed by atoms with van der Waals surface area (Å²) in [6.45, 7) is 1.98. The third-order valence-corrected chi connectivity index (χ3v) is 2.43. The van der Waals surface area contributed by atoms with E-state index in [9.17, 15) is 9.59 Å². The summed E-state index contributed by atoms with van der Waals surface area (Å²) in [5, 5.41) is 2.52. The molecule has 1 heterocycles. The van der Waals surface area contributed by atoms with E-state index in [1.807, 2.05) is 31.2 Å². The lowest BCUT2D eigenvalue weighted by Gasteiger charge is -2.00. The van der Waals surface area contributed by atoms with Crippen molar-refractivity contribution in [3.05, 3.63) is 41.1 Å². The molecule has 1 saturated heterocycles. The summed E-state index contributed by atoms with van der Waals surface area (Å²) in [6.07, 6.45) is 1.68. The maximum Gasteiger partial charge on any atom is 0.328 e. The van der Waals surface area contributed by atoms with Crippen molar-refractivity contribution in [3.8, 4) is 0 Å². The summed E-state index contributed by atoms with van der Waals surface area (Å²) in [7, 11) is 1.45. The van der Waals surface area contributed by atoms with Crippen LogP contribution in [0.4, 0.5) is 4.79 Å². The van der Waals surface area contributed by atoms with Crippen LogP contribution >= 0.6 is 0 Å². The van der Waals surface area contributed by atoms with Gasteiger partial charge in [0.25, 0.3) is 5.91 Å². The van der Waals surface area contributed by atoms with Crippen LogP contribution in [0.2, 0.25) is 0 Å². The molecular weight excluding hydrogens is 204 g/mol. The maximum atomic E-state index is 11.6. The second-order valence-electron chi connectivity index (χ2n) is 3.77. The van der Waals surface area contributed by atoms with Crippen molar-refractivity contribution in [2.45, 2.75) is 6.92 Å². The molecule has 1 aliphatic heterocycles. The van der Waals surface area contributed by atoms with Crippen LogP contribution in [0.5, 0.6) is 0 Å². The normalized spacial score (nSPS) is 18.1. The fourth-order valence-corrected chi connectivity index (χ4v) is 1.55. The fourth-order valence-electron chi connectivity index (χ4n) is 1.55. The minimum absolute atomic E-state index is 0.300. The Balaban J connectivity index is 2.33. The number of nitrogens with zero attached hydrogens (tertiary/aromatic N) is 1. The van der Waals surface area contributed by atoms with Crippen LogP contribution in [0.3, 0.4) is 0 Å². The Hall–Kier alpha value is -2.10. The molecule has 0 unspecified atom stereocenters. The Morgan fingerprint density at radius 1 is 1.31 bits per heavy atom. The van der Waals surface area contributed by atoms with E-state index in [-0.39, 0.29) is 11.9 Å². The minimum atomic E-state index is -0.385. The minimum Gasteiger partial charge on any atom is -0.303 e. The lowest BCUT2D eigenvalue weighted by Crippen LogP contribution is -2.25. The molecule has 4 heteroatoms. The third kappa shape index (κ3) is 1.82. The Morgan fingerprint density at radius 2 is 2.06 bits per heavy atom. The molecule has 0 aromatic heterocycles. The van der Waals surface area contributed by atoms with Gasteiger partial charge < -0.3 is 5.32 Å². The molecule has 0 bridgehead atoms. The molecule has 1 N–H and O–H groups in total. The molecule has 2 rings (SSSR count). The van der Waals surface area contributed by atoms with Crippen molar-refractivity contribution in [2.75, 3.05) is 7.05 Å². The number of carbonyl (C=O) groups excluding carboxylic acids is 2. The number of amides is 3. The molecule has 3 amide bonds. The molecule has 1 aromatic rings. The summed E-state index contributed by atoms with van der Waals surface area (Å²) in [6, 6.07) is 7.34. The monoisotopic (exact) mass is 216 g/mol. The number of aryl methyl sites for hydroxylation is 1. The molecule has 0 atom stereocenters. The number of hydrogen-bond donors (Lipinski definition) is 1. The first-order valence-corrected chi connectivity index (χ1v) is 4.95. The lowest BCUT2D eigenvalue weighted by atomic mass is 10.1. The smallest absolute Gasteiger partial charge is 0.303 e. The van der Waals surface area contributed by atoms with Crippen molar-refractivity contribution in [1.82, 2.24) is 10.2 Å². The molecule has 0 spiro atoms. The van der Waals surface area contributed by atoms with E-state index in [1.165, 1.54) is 7.05 Å². The van der Waals surface area contributed by atoms with E-state index < -0.39 is 0 Å². The van der Waals surface area contributed by atoms with Crippen molar-refractivity contribution < 1.29 is 9.59 Å². The first kappa shape index (κ1) is 10.4. The van der Waals surface area contributed by atoms with Crippen molar-refractivity contribution in [2.24, 2.45) is 0 Å². The number of imide groups is 1. The third-order valence-electron chi connectivity index (χ3n) is 2.43. The van der Waals surface area contributed by atoms with Gasteiger partial charge in [0.05, 0.1) is 0 Å². The van der Waals surface area contributed by atoms with Gasteiger partial charge in [-0.3, -0.25) is 9.69 Å². The molecule has 4 nitrogen and oxygen atoms in total. The highest BCUT2D eigenvalue weighted by molar-refractivity contribution is 6.13. The Kier molecular flexibility index (Phi) is 2.48. The average Bonchev–Trinajstić information content (AvgIpc) is 2.47. The maximum absolute atomic E-state index is 11.6. The zero-order chi connectivity index (χ0) is 11.7. The Labute approximate surface area is 93.6 Å². The van der Waals surface area contributed by atoms with Crippen molar-refractivity contribution >= 4 is 18.0 Å². The number of rotatable bonds is 1. The molecule has 0 aliphatic carbocycles. The van der Waals surface area contributed by atoms with Crippen molar-refractivity contribution in [1.29, 1.82) is 0 Å². The van der Waals surface area contributed by atoms with Crippen LogP contribution in [0.1, 0.15) is 11.1 Å². The quantitative estimate of drug-likeness (QED) is 0.571. The predicted octanol–water partition coefficient (Wildman–Crippen LogP) is 1.52. The van der Waals surface area contributed by atoms with Gasteiger partial charge in [-0.1, -0.05) is 29.8 Å². The zero-order valence-electron chi connectivity index (χ0n) is 9.15. The number of likely N-dealkylation sites (N-methyl/N-ethyl adjacent to an activating group) is 1. The van der Waals surface area contributed by atoms with E-state index in [0.717, 1.165) is 16.0 Å². The van der Waals surface area contributed by atoms with Crippen molar-refractivity contribution in [3.63, 3.8) is 0 Å². The van der Waals surface area contributed by atoms with E-state index in [0.29, 0.717) is 5.70 Å². The van der Waals surface area contributed by atoms with E-state index >= 15 is 0 Å². The van der Waals surface area contributed by atoms with E-state index in [4.69, 9.17) is 0 Å². The molecule has 0 radical (unpaired) electrons. The second kappa shape index (κ2) is 3.81. The fraction of sp³-hybridized carbons (Fsp3) is 0.167. The van der Waals surface area contributed by atoms with E-state index in [1.54, 1.807) is 6.08 Å². The zero-order valence-corrected chi connectivity index (χ0v) is 9.15.